The Morgan fingerprint density at radius 3 is 2.42 bits per heavy atom. The topological polar surface area (TPSA) is 83.6 Å². The maximum atomic E-state index is 13.3. The number of carbonyl (C=O) groups is 2. The van der Waals surface area contributed by atoms with Gasteiger partial charge in [0.25, 0.3) is 10.0 Å². The standard InChI is InChI=1S/C17H14F2N2O4S/c18-13-7-6-11(10-14(13)19)20-17(23)15-8-9-16(22)21(15)26(24,25)12-4-2-1-3-5-12/h1-7,10,15H,8-9H2,(H,20,23). The van der Waals surface area contributed by atoms with Gasteiger partial charge in [0.2, 0.25) is 11.8 Å². The molecule has 0 aliphatic carbocycles. The maximum absolute atomic E-state index is 13.3. The van der Waals surface area contributed by atoms with E-state index in [-0.39, 0.29) is 23.4 Å². The third-order valence-corrected chi connectivity index (χ3v) is 5.79. The van der Waals surface area contributed by atoms with Crippen molar-refractivity contribution in [2.24, 2.45) is 0 Å². The van der Waals surface area contributed by atoms with Crippen molar-refractivity contribution < 1.29 is 26.8 Å². The van der Waals surface area contributed by atoms with E-state index in [0.717, 1.165) is 18.2 Å². The van der Waals surface area contributed by atoms with Gasteiger partial charge < -0.3 is 5.32 Å². The second kappa shape index (κ2) is 6.83. The van der Waals surface area contributed by atoms with Gasteiger partial charge in [0.15, 0.2) is 11.6 Å². The molecule has 2 aromatic carbocycles. The molecular formula is C17H14F2N2O4S. The zero-order chi connectivity index (χ0) is 18.9. The number of nitrogens with one attached hydrogen (secondary N) is 1. The third kappa shape index (κ3) is 3.30. The monoisotopic (exact) mass is 380 g/mol. The smallest absolute Gasteiger partial charge is 0.267 e. The molecule has 26 heavy (non-hydrogen) atoms. The summed E-state index contributed by atoms with van der Waals surface area (Å²) >= 11 is 0. The molecule has 6 nitrogen and oxygen atoms in total. The summed E-state index contributed by atoms with van der Waals surface area (Å²) in [6, 6.07) is 8.77. The molecule has 0 bridgehead atoms. The lowest BCUT2D eigenvalue weighted by atomic mass is 10.2. The van der Waals surface area contributed by atoms with Crippen LogP contribution in [0, 0.1) is 11.6 Å². The number of nitrogens with zero attached hydrogens (tertiary/aromatic N) is 1. The van der Waals surface area contributed by atoms with Crippen molar-refractivity contribution in [3.63, 3.8) is 0 Å². The van der Waals surface area contributed by atoms with Gasteiger partial charge in [-0.2, -0.15) is 0 Å². The van der Waals surface area contributed by atoms with Crippen LogP contribution in [0.25, 0.3) is 0 Å². The van der Waals surface area contributed by atoms with Crippen molar-refractivity contribution in [2.75, 3.05) is 5.32 Å². The molecule has 136 valence electrons. The Morgan fingerprint density at radius 1 is 1.08 bits per heavy atom. The van der Waals surface area contributed by atoms with Crippen molar-refractivity contribution in [3.8, 4) is 0 Å². The predicted molar refractivity (Wildman–Crippen MR) is 88.5 cm³/mol. The van der Waals surface area contributed by atoms with Crippen molar-refractivity contribution in [3.05, 3.63) is 60.2 Å². The Balaban J connectivity index is 1.87. The summed E-state index contributed by atoms with van der Waals surface area (Å²) < 4.78 is 52.2. The van der Waals surface area contributed by atoms with E-state index < -0.39 is 39.5 Å². The van der Waals surface area contributed by atoms with E-state index in [1.54, 1.807) is 6.07 Å². The summed E-state index contributed by atoms with van der Waals surface area (Å²) in [7, 11) is -4.20. The molecule has 1 heterocycles. The van der Waals surface area contributed by atoms with Gasteiger partial charge in [-0.1, -0.05) is 18.2 Å². The first-order valence-corrected chi connectivity index (χ1v) is 9.13. The minimum atomic E-state index is -4.20. The predicted octanol–water partition coefficient (Wildman–Crippen LogP) is 2.28. The molecule has 1 unspecified atom stereocenters. The number of benzene rings is 2. The summed E-state index contributed by atoms with van der Waals surface area (Å²) in [5.74, 6) is -3.72. The van der Waals surface area contributed by atoms with Crippen LogP contribution >= 0.6 is 0 Å². The Bertz CT molecular complexity index is 964. The fraction of sp³-hybridized carbons (Fsp3) is 0.176. The number of hydrogen-bond donors (Lipinski definition) is 1. The van der Waals surface area contributed by atoms with Gasteiger partial charge in [0.1, 0.15) is 6.04 Å². The van der Waals surface area contributed by atoms with Crippen LogP contribution in [-0.4, -0.2) is 30.6 Å². The summed E-state index contributed by atoms with van der Waals surface area (Å²) in [5, 5.41) is 2.32. The van der Waals surface area contributed by atoms with E-state index in [0.29, 0.717) is 4.31 Å². The molecule has 1 atom stereocenters. The molecular weight excluding hydrogens is 366 g/mol. The molecule has 0 aromatic heterocycles. The van der Waals surface area contributed by atoms with Crippen molar-refractivity contribution >= 4 is 27.5 Å². The molecule has 0 spiro atoms. The number of halogens is 2. The summed E-state index contributed by atoms with van der Waals surface area (Å²) in [6.07, 6.45) is -0.109. The molecule has 0 saturated carbocycles. The quantitative estimate of drug-likeness (QED) is 0.882. The second-order valence-corrected chi connectivity index (χ2v) is 7.50. The van der Waals surface area contributed by atoms with Crippen LogP contribution in [0.4, 0.5) is 14.5 Å². The molecule has 1 N–H and O–H groups in total. The van der Waals surface area contributed by atoms with Crippen LogP contribution in [0.15, 0.2) is 53.4 Å². The molecule has 0 radical (unpaired) electrons. The number of rotatable bonds is 4. The molecule has 2 amide bonds. The van der Waals surface area contributed by atoms with Crippen molar-refractivity contribution in [1.82, 2.24) is 4.31 Å². The second-order valence-electron chi connectivity index (χ2n) is 5.68. The molecule has 1 aliphatic heterocycles. The normalized spacial score (nSPS) is 17.4. The van der Waals surface area contributed by atoms with Crippen LogP contribution in [0.3, 0.4) is 0 Å². The summed E-state index contributed by atoms with van der Waals surface area (Å²) in [5.41, 5.74) is -0.0368. The van der Waals surface area contributed by atoms with Gasteiger partial charge in [-0.25, -0.2) is 21.5 Å². The lowest BCUT2D eigenvalue weighted by Gasteiger charge is -2.23. The fourth-order valence-electron chi connectivity index (χ4n) is 2.71. The Hall–Kier alpha value is -2.81. The SMILES string of the molecule is O=C(Nc1ccc(F)c(F)c1)C1CCC(=O)N1S(=O)(=O)c1ccccc1. The first-order valence-electron chi connectivity index (χ1n) is 7.69. The lowest BCUT2D eigenvalue weighted by Crippen LogP contribution is -2.45. The van der Waals surface area contributed by atoms with Crippen LogP contribution in [0.2, 0.25) is 0 Å². The lowest BCUT2D eigenvalue weighted by molar-refractivity contribution is -0.128. The molecule has 9 heteroatoms. The van der Waals surface area contributed by atoms with E-state index in [1.165, 1.54) is 24.3 Å². The first kappa shape index (κ1) is 18.0. The average molecular weight is 380 g/mol. The largest absolute Gasteiger partial charge is 0.324 e. The van der Waals surface area contributed by atoms with Gasteiger partial charge >= 0.3 is 0 Å². The zero-order valence-electron chi connectivity index (χ0n) is 13.4. The van der Waals surface area contributed by atoms with Crippen LogP contribution in [0.1, 0.15) is 12.8 Å². The maximum Gasteiger partial charge on any atom is 0.267 e. The van der Waals surface area contributed by atoms with Crippen molar-refractivity contribution in [2.45, 2.75) is 23.8 Å². The molecule has 1 fully saturated rings. The van der Waals surface area contributed by atoms with Gasteiger partial charge in [-0.3, -0.25) is 9.59 Å². The van der Waals surface area contributed by atoms with Crippen LogP contribution in [-0.2, 0) is 19.6 Å². The highest BCUT2D eigenvalue weighted by atomic mass is 32.2. The van der Waals surface area contributed by atoms with Gasteiger partial charge in [0, 0.05) is 18.2 Å². The average Bonchev–Trinajstić information content (AvgIpc) is 3.01. The van der Waals surface area contributed by atoms with Gasteiger partial charge in [0.05, 0.1) is 4.90 Å². The number of amides is 2. The van der Waals surface area contributed by atoms with Gasteiger partial charge in [-0.05, 0) is 30.7 Å². The highest BCUT2D eigenvalue weighted by Gasteiger charge is 2.44. The zero-order valence-corrected chi connectivity index (χ0v) is 14.2. The molecule has 3 rings (SSSR count). The van der Waals surface area contributed by atoms with E-state index in [2.05, 4.69) is 5.32 Å². The van der Waals surface area contributed by atoms with E-state index in [1.807, 2.05) is 0 Å². The highest BCUT2D eigenvalue weighted by molar-refractivity contribution is 7.89. The molecule has 2 aromatic rings. The fourth-order valence-corrected chi connectivity index (χ4v) is 4.33. The van der Waals surface area contributed by atoms with Crippen molar-refractivity contribution in [1.29, 1.82) is 0 Å². The van der Waals surface area contributed by atoms with Gasteiger partial charge in [-0.15, -0.1) is 0 Å². The molecule has 1 saturated heterocycles. The third-order valence-electron chi connectivity index (χ3n) is 3.95. The minimum Gasteiger partial charge on any atom is -0.324 e. The van der Waals surface area contributed by atoms with Crippen LogP contribution in [0.5, 0.6) is 0 Å². The Kier molecular flexibility index (Phi) is 4.73. The van der Waals surface area contributed by atoms with Crippen LogP contribution < -0.4 is 5.32 Å². The van der Waals surface area contributed by atoms with E-state index in [9.17, 15) is 26.8 Å². The number of hydrogen-bond acceptors (Lipinski definition) is 4. The minimum absolute atomic E-state index is 0.000404. The molecule has 1 aliphatic rings. The summed E-state index contributed by atoms with van der Waals surface area (Å²) in [6.45, 7) is 0. The number of carbonyl (C=O) groups excluding carboxylic acids is 2. The number of sulfonamides is 1. The summed E-state index contributed by atoms with van der Waals surface area (Å²) in [4.78, 5) is 24.5. The van der Waals surface area contributed by atoms with E-state index in [4.69, 9.17) is 0 Å². The Morgan fingerprint density at radius 2 is 1.77 bits per heavy atom. The van der Waals surface area contributed by atoms with E-state index >= 15 is 0 Å². The first-order chi connectivity index (χ1) is 12.3. The highest BCUT2D eigenvalue weighted by Crippen LogP contribution is 2.28. The Labute approximate surface area is 148 Å². The number of anilines is 1.